The number of nitrogens with zero attached hydrogens (tertiary/aromatic N) is 2. The van der Waals surface area contributed by atoms with Crippen molar-refractivity contribution in [2.24, 2.45) is 0 Å². The van der Waals surface area contributed by atoms with E-state index in [0.29, 0.717) is 18.0 Å². The van der Waals surface area contributed by atoms with Gasteiger partial charge < -0.3 is 14.2 Å². The smallest absolute Gasteiger partial charge is 0.356 e. The molecular weight excluding hydrogens is 268 g/mol. The molecule has 21 heavy (non-hydrogen) atoms. The Labute approximate surface area is 121 Å². The van der Waals surface area contributed by atoms with Crippen molar-refractivity contribution >= 4 is 11.6 Å². The van der Waals surface area contributed by atoms with Crippen molar-refractivity contribution in [2.75, 3.05) is 6.61 Å². The van der Waals surface area contributed by atoms with Gasteiger partial charge in [0.05, 0.1) is 6.61 Å². The molecule has 0 amide bonds. The summed E-state index contributed by atoms with van der Waals surface area (Å²) in [4.78, 5) is 15.0. The summed E-state index contributed by atoms with van der Waals surface area (Å²) in [6.45, 7) is 0.513. The molecule has 0 bridgehead atoms. The normalized spacial score (nSPS) is 10.7. The van der Waals surface area contributed by atoms with Gasteiger partial charge in [0.25, 0.3) is 0 Å². The molecule has 5 heteroatoms. The highest BCUT2D eigenvalue weighted by Crippen LogP contribution is 2.19. The Bertz CT molecular complexity index is 766. The van der Waals surface area contributed by atoms with Crippen LogP contribution in [0.5, 0.6) is 5.75 Å². The standard InChI is InChI=1S/C16H14N2O3/c19-16(20)13-11-18-9-4-7-14(15(18)17-13)21-10-8-12-5-2-1-3-6-12/h1-7,9,11H,8,10H2,(H,19,20). The number of hydrogen-bond acceptors (Lipinski definition) is 3. The minimum Gasteiger partial charge on any atom is -0.489 e. The number of aromatic nitrogens is 2. The number of carbonyl (C=O) groups is 1. The van der Waals surface area contributed by atoms with Gasteiger partial charge in [0, 0.05) is 18.8 Å². The zero-order valence-electron chi connectivity index (χ0n) is 11.3. The fourth-order valence-corrected chi connectivity index (χ4v) is 2.13. The summed E-state index contributed by atoms with van der Waals surface area (Å²) < 4.78 is 7.39. The second kappa shape index (κ2) is 5.66. The summed E-state index contributed by atoms with van der Waals surface area (Å²) in [5.41, 5.74) is 1.72. The summed E-state index contributed by atoms with van der Waals surface area (Å²) >= 11 is 0. The van der Waals surface area contributed by atoms with E-state index in [-0.39, 0.29) is 5.69 Å². The Balaban J connectivity index is 1.76. The third-order valence-electron chi connectivity index (χ3n) is 3.16. The lowest BCUT2D eigenvalue weighted by Crippen LogP contribution is -2.02. The first-order chi connectivity index (χ1) is 10.2. The van der Waals surface area contributed by atoms with E-state index in [2.05, 4.69) is 4.98 Å². The monoisotopic (exact) mass is 282 g/mol. The first-order valence-corrected chi connectivity index (χ1v) is 6.62. The van der Waals surface area contributed by atoms with Crippen LogP contribution in [0.15, 0.2) is 54.9 Å². The Kier molecular flexibility index (Phi) is 3.55. The minimum absolute atomic E-state index is 0.00843. The lowest BCUT2D eigenvalue weighted by molar-refractivity contribution is 0.0691. The van der Waals surface area contributed by atoms with Crippen molar-refractivity contribution < 1.29 is 14.6 Å². The van der Waals surface area contributed by atoms with Gasteiger partial charge in [-0.25, -0.2) is 9.78 Å². The molecule has 2 heterocycles. The molecule has 0 saturated heterocycles. The number of rotatable bonds is 5. The lowest BCUT2D eigenvalue weighted by Gasteiger charge is -2.07. The summed E-state index contributed by atoms with van der Waals surface area (Å²) in [5, 5.41) is 8.98. The van der Waals surface area contributed by atoms with Crippen LogP contribution in [0.25, 0.3) is 5.65 Å². The van der Waals surface area contributed by atoms with Crippen molar-refractivity contribution in [2.45, 2.75) is 6.42 Å². The number of benzene rings is 1. The van der Waals surface area contributed by atoms with Crippen LogP contribution in [0, 0.1) is 0 Å². The Morgan fingerprint density at radius 2 is 2.00 bits per heavy atom. The van der Waals surface area contributed by atoms with E-state index in [0.717, 1.165) is 6.42 Å². The molecule has 0 atom stereocenters. The Morgan fingerprint density at radius 3 is 2.76 bits per heavy atom. The molecule has 3 aromatic rings. The highest BCUT2D eigenvalue weighted by atomic mass is 16.5. The van der Waals surface area contributed by atoms with Crippen LogP contribution in [-0.2, 0) is 6.42 Å². The van der Waals surface area contributed by atoms with Crippen molar-refractivity contribution in [3.8, 4) is 5.75 Å². The molecule has 0 aliphatic carbocycles. The molecule has 5 nitrogen and oxygen atoms in total. The van der Waals surface area contributed by atoms with Gasteiger partial charge in [-0.2, -0.15) is 0 Å². The summed E-state index contributed by atoms with van der Waals surface area (Å²) in [5.74, 6) is -0.463. The lowest BCUT2D eigenvalue weighted by atomic mass is 10.2. The maximum atomic E-state index is 11.0. The maximum absolute atomic E-state index is 11.0. The van der Waals surface area contributed by atoms with Crippen LogP contribution < -0.4 is 4.74 Å². The molecule has 106 valence electrons. The Morgan fingerprint density at radius 1 is 1.19 bits per heavy atom. The van der Waals surface area contributed by atoms with Gasteiger partial charge in [-0.05, 0) is 17.7 Å². The molecule has 0 unspecified atom stereocenters. The molecular formula is C16H14N2O3. The minimum atomic E-state index is -1.05. The Hall–Kier alpha value is -2.82. The fourth-order valence-electron chi connectivity index (χ4n) is 2.13. The quantitative estimate of drug-likeness (QED) is 0.781. The molecule has 1 N–H and O–H groups in total. The molecule has 0 spiro atoms. The third kappa shape index (κ3) is 2.86. The molecule has 1 aromatic carbocycles. The van der Waals surface area contributed by atoms with E-state index in [4.69, 9.17) is 9.84 Å². The maximum Gasteiger partial charge on any atom is 0.356 e. The van der Waals surface area contributed by atoms with Crippen LogP contribution in [0.4, 0.5) is 0 Å². The average Bonchev–Trinajstić information content (AvgIpc) is 2.94. The molecule has 2 aromatic heterocycles. The van der Waals surface area contributed by atoms with Gasteiger partial charge in [0.2, 0.25) is 0 Å². The van der Waals surface area contributed by atoms with Gasteiger partial charge >= 0.3 is 5.97 Å². The SMILES string of the molecule is O=C(O)c1cn2cccc(OCCc3ccccc3)c2n1. The molecule has 3 rings (SSSR count). The predicted octanol–water partition coefficient (Wildman–Crippen LogP) is 2.65. The fraction of sp³-hybridized carbons (Fsp3) is 0.125. The van der Waals surface area contributed by atoms with Gasteiger partial charge in [-0.3, -0.25) is 0 Å². The number of aromatic carboxylic acids is 1. The number of carboxylic acid groups (broad SMARTS) is 1. The topological polar surface area (TPSA) is 63.8 Å². The number of carboxylic acids is 1. The zero-order valence-corrected chi connectivity index (χ0v) is 11.3. The average molecular weight is 282 g/mol. The van der Waals surface area contributed by atoms with Crippen LogP contribution in [0.2, 0.25) is 0 Å². The predicted molar refractivity (Wildman–Crippen MR) is 77.8 cm³/mol. The summed E-state index contributed by atoms with van der Waals surface area (Å²) in [7, 11) is 0. The highest BCUT2D eigenvalue weighted by Gasteiger charge is 2.11. The largest absolute Gasteiger partial charge is 0.489 e. The van der Waals surface area contributed by atoms with E-state index < -0.39 is 5.97 Å². The van der Waals surface area contributed by atoms with E-state index in [1.165, 1.54) is 11.8 Å². The van der Waals surface area contributed by atoms with Crippen molar-refractivity contribution in [3.05, 3.63) is 66.1 Å². The number of hydrogen-bond donors (Lipinski definition) is 1. The van der Waals surface area contributed by atoms with Gasteiger partial charge in [0.15, 0.2) is 17.1 Å². The molecule has 0 saturated carbocycles. The number of imidazole rings is 1. The van der Waals surface area contributed by atoms with Crippen LogP contribution >= 0.6 is 0 Å². The number of ether oxygens (including phenoxy) is 1. The molecule has 0 fully saturated rings. The number of pyridine rings is 1. The first-order valence-electron chi connectivity index (χ1n) is 6.62. The van der Waals surface area contributed by atoms with Gasteiger partial charge in [-0.15, -0.1) is 0 Å². The van der Waals surface area contributed by atoms with E-state index in [9.17, 15) is 4.79 Å². The van der Waals surface area contributed by atoms with Crippen molar-refractivity contribution in [3.63, 3.8) is 0 Å². The zero-order chi connectivity index (χ0) is 14.7. The van der Waals surface area contributed by atoms with Crippen LogP contribution in [0.3, 0.4) is 0 Å². The van der Waals surface area contributed by atoms with Gasteiger partial charge in [0.1, 0.15) is 0 Å². The third-order valence-corrected chi connectivity index (χ3v) is 3.16. The summed E-state index contributed by atoms with van der Waals surface area (Å²) in [6.07, 6.45) is 4.01. The van der Waals surface area contributed by atoms with Gasteiger partial charge in [-0.1, -0.05) is 30.3 Å². The first kappa shape index (κ1) is 13.2. The molecule has 0 radical (unpaired) electrons. The van der Waals surface area contributed by atoms with Crippen molar-refractivity contribution in [1.29, 1.82) is 0 Å². The second-order valence-electron chi connectivity index (χ2n) is 4.62. The van der Waals surface area contributed by atoms with E-state index in [1.54, 1.807) is 22.7 Å². The second-order valence-corrected chi connectivity index (χ2v) is 4.62. The highest BCUT2D eigenvalue weighted by molar-refractivity contribution is 5.86. The van der Waals surface area contributed by atoms with E-state index >= 15 is 0 Å². The number of fused-ring (bicyclic) bond motifs is 1. The molecule has 0 aliphatic heterocycles. The van der Waals surface area contributed by atoms with Crippen LogP contribution in [0.1, 0.15) is 16.1 Å². The summed E-state index contributed by atoms with van der Waals surface area (Å²) in [6, 6.07) is 13.6. The molecule has 0 aliphatic rings. The van der Waals surface area contributed by atoms with Crippen LogP contribution in [-0.4, -0.2) is 27.1 Å². The van der Waals surface area contributed by atoms with Crippen molar-refractivity contribution in [1.82, 2.24) is 9.38 Å². The van der Waals surface area contributed by atoms with E-state index in [1.807, 2.05) is 30.3 Å².